The molecule has 0 aromatic carbocycles. The van der Waals surface area contributed by atoms with E-state index in [0.717, 1.165) is 17.9 Å². The number of aryl methyl sites for hydroxylation is 1. The van der Waals surface area contributed by atoms with E-state index in [1.807, 2.05) is 18.5 Å². The number of piperidine rings is 1. The van der Waals surface area contributed by atoms with Crippen LogP contribution in [0.1, 0.15) is 25.5 Å². The normalized spacial score (nSPS) is 17.9. The molecule has 0 radical (unpaired) electrons. The topological polar surface area (TPSA) is 84.3 Å². The Morgan fingerprint density at radius 1 is 1.43 bits per heavy atom. The lowest BCUT2D eigenvalue weighted by Crippen LogP contribution is -2.40. The number of carbonyl (C=O) groups is 1. The highest BCUT2D eigenvalue weighted by Gasteiger charge is 2.29. The number of carbonyl (C=O) groups excluding carboxylic acids is 1. The molecule has 2 rings (SSSR count). The molecule has 1 aliphatic heterocycles. The zero-order valence-electron chi connectivity index (χ0n) is 12.7. The Hall–Kier alpha value is -1.41. The fourth-order valence-electron chi connectivity index (χ4n) is 2.57. The van der Waals surface area contributed by atoms with Gasteiger partial charge in [-0.15, -0.1) is 0 Å². The van der Waals surface area contributed by atoms with Crippen molar-refractivity contribution in [3.8, 4) is 0 Å². The molecular formula is C13H22N4O3S. The minimum Gasteiger partial charge on any atom is -0.323 e. The van der Waals surface area contributed by atoms with E-state index in [1.165, 1.54) is 10.6 Å². The van der Waals surface area contributed by atoms with Gasteiger partial charge >= 0.3 is 0 Å². The third kappa shape index (κ3) is 3.62. The first-order chi connectivity index (χ1) is 9.82. The second kappa shape index (κ2) is 6.15. The molecule has 0 unspecified atom stereocenters. The summed E-state index contributed by atoms with van der Waals surface area (Å²) in [7, 11) is -3.15. The first kappa shape index (κ1) is 16.0. The van der Waals surface area contributed by atoms with Crippen LogP contribution in [0.5, 0.6) is 0 Å². The molecule has 8 heteroatoms. The predicted octanol–water partition coefficient (Wildman–Crippen LogP) is 0.822. The summed E-state index contributed by atoms with van der Waals surface area (Å²) in [5, 5.41) is 7.09. The summed E-state index contributed by atoms with van der Waals surface area (Å²) in [4.78, 5) is 12.3. The molecule has 0 bridgehead atoms. The Kier molecular flexibility index (Phi) is 4.67. The Labute approximate surface area is 125 Å². The van der Waals surface area contributed by atoms with Crippen molar-refractivity contribution in [1.29, 1.82) is 0 Å². The lowest BCUT2D eigenvalue weighted by atomic mass is 9.97. The van der Waals surface area contributed by atoms with Gasteiger partial charge in [0.1, 0.15) is 0 Å². The average Bonchev–Trinajstić information content (AvgIpc) is 2.79. The van der Waals surface area contributed by atoms with Crippen molar-refractivity contribution in [2.24, 2.45) is 5.92 Å². The second-order valence-electron chi connectivity index (χ2n) is 5.38. The molecule has 7 nitrogen and oxygen atoms in total. The van der Waals surface area contributed by atoms with E-state index >= 15 is 0 Å². The molecule has 1 amide bonds. The van der Waals surface area contributed by atoms with Crippen molar-refractivity contribution < 1.29 is 13.2 Å². The van der Waals surface area contributed by atoms with Gasteiger partial charge in [-0.3, -0.25) is 9.48 Å². The van der Waals surface area contributed by atoms with Gasteiger partial charge in [-0.1, -0.05) is 0 Å². The Morgan fingerprint density at radius 3 is 2.52 bits per heavy atom. The largest absolute Gasteiger partial charge is 0.323 e. The highest BCUT2D eigenvalue weighted by molar-refractivity contribution is 7.88. The van der Waals surface area contributed by atoms with E-state index in [-0.39, 0.29) is 11.8 Å². The minimum atomic E-state index is -3.15. The highest BCUT2D eigenvalue weighted by atomic mass is 32.2. The number of rotatable bonds is 4. The minimum absolute atomic E-state index is 0.0538. The SMILES string of the molecule is CCn1ncc(NC(=O)C2CCN(S(C)(=O)=O)CC2)c1C. The van der Waals surface area contributed by atoms with Gasteiger partial charge in [-0.2, -0.15) is 5.10 Å². The number of hydrogen-bond donors (Lipinski definition) is 1. The lowest BCUT2D eigenvalue weighted by molar-refractivity contribution is -0.120. The summed E-state index contributed by atoms with van der Waals surface area (Å²) in [5.41, 5.74) is 1.66. The molecule has 0 spiro atoms. The molecule has 1 saturated heterocycles. The summed E-state index contributed by atoms with van der Waals surface area (Å²) in [6.07, 6.45) is 3.97. The highest BCUT2D eigenvalue weighted by Crippen LogP contribution is 2.22. The van der Waals surface area contributed by atoms with Crippen LogP contribution in [-0.2, 0) is 21.4 Å². The molecule has 1 aliphatic rings. The fraction of sp³-hybridized carbons (Fsp3) is 0.692. The summed E-state index contributed by atoms with van der Waals surface area (Å²) in [6, 6.07) is 0. The van der Waals surface area contributed by atoms with Gasteiger partial charge in [0.2, 0.25) is 15.9 Å². The molecule has 2 heterocycles. The molecular weight excluding hydrogens is 292 g/mol. The fourth-order valence-corrected chi connectivity index (χ4v) is 3.45. The van der Waals surface area contributed by atoms with Crippen LogP contribution in [0.25, 0.3) is 0 Å². The Morgan fingerprint density at radius 2 is 2.05 bits per heavy atom. The van der Waals surface area contributed by atoms with E-state index < -0.39 is 10.0 Å². The lowest BCUT2D eigenvalue weighted by Gasteiger charge is -2.29. The average molecular weight is 314 g/mol. The van der Waals surface area contributed by atoms with E-state index in [4.69, 9.17) is 0 Å². The number of nitrogens with zero attached hydrogens (tertiary/aromatic N) is 3. The summed E-state index contributed by atoms with van der Waals surface area (Å²) in [6.45, 7) is 5.48. The molecule has 0 atom stereocenters. The number of aromatic nitrogens is 2. The van der Waals surface area contributed by atoms with Crippen molar-refractivity contribution in [3.63, 3.8) is 0 Å². The number of nitrogens with one attached hydrogen (secondary N) is 1. The molecule has 1 aromatic heterocycles. The van der Waals surface area contributed by atoms with E-state index in [2.05, 4.69) is 10.4 Å². The quantitative estimate of drug-likeness (QED) is 0.892. The van der Waals surface area contributed by atoms with E-state index in [0.29, 0.717) is 25.9 Å². The third-order valence-electron chi connectivity index (χ3n) is 3.95. The van der Waals surface area contributed by atoms with Crippen LogP contribution in [0.4, 0.5) is 5.69 Å². The van der Waals surface area contributed by atoms with Crippen molar-refractivity contribution in [1.82, 2.24) is 14.1 Å². The van der Waals surface area contributed by atoms with Crippen LogP contribution < -0.4 is 5.32 Å². The van der Waals surface area contributed by atoms with Crippen molar-refractivity contribution in [2.45, 2.75) is 33.2 Å². The van der Waals surface area contributed by atoms with Crippen LogP contribution in [0.15, 0.2) is 6.20 Å². The van der Waals surface area contributed by atoms with Crippen LogP contribution >= 0.6 is 0 Å². The van der Waals surface area contributed by atoms with Crippen LogP contribution in [0.3, 0.4) is 0 Å². The van der Waals surface area contributed by atoms with Crippen LogP contribution in [0, 0.1) is 12.8 Å². The number of hydrogen-bond acceptors (Lipinski definition) is 4. The zero-order chi connectivity index (χ0) is 15.6. The van der Waals surface area contributed by atoms with Gasteiger partial charge in [0.15, 0.2) is 0 Å². The molecule has 0 aliphatic carbocycles. The predicted molar refractivity (Wildman–Crippen MR) is 80.4 cm³/mol. The third-order valence-corrected chi connectivity index (χ3v) is 5.26. The first-order valence-electron chi connectivity index (χ1n) is 7.11. The standard InChI is InChI=1S/C13H22N4O3S/c1-4-17-10(2)12(9-14-17)15-13(18)11-5-7-16(8-6-11)21(3,19)20/h9,11H,4-8H2,1-3H3,(H,15,18). The van der Waals surface area contributed by atoms with Crippen molar-refractivity contribution in [2.75, 3.05) is 24.7 Å². The maximum Gasteiger partial charge on any atom is 0.227 e. The van der Waals surface area contributed by atoms with Gasteiger partial charge < -0.3 is 5.32 Å². The number of amides is 1. The van der Waals surface area contributed by atoms with E-state index in [9.17, 15) is 13.2 Å². The van der Waals surface area contributed by atoms with Gasteiger partial charge in [-0.25, -0.2) is 12.7 Å². The maximum absolute atomic E-state index is 12.3. The Bertz CT molecular complexity index is 615. The Balaban J connectivity index is 1.95. The zero-order valence-corrected chi connectivity index (χ0v) is 13.5. The molecule has 0 saturated carbocycles. The summed E-state index contributed by atoms with van der Waals surface area (Å²) < 4.78 is 26.1. The van der Waals surface area contributed by atoms with Crippen molar-refractivity contribution >= 4 is 21.6 Å². The van der Waals surface area contributed by atoms with Crippen LogP contribution in [-0.4, -0.2) is 47.8 Å². The van der Waals surface area contributed by atoms with Gasteiger partial charge in [-0.05, 0) is 26.7 Å². The molecule has 1 aromatic rings. The van der Waals surface area contributed by atoms with Crippen molar-refractivity contribution in [3.05, 3.63) is 11.9 Å². The first-order valence-corrected chi connectivity index (χ1v) is 8.96. The van der Waals surface area contributed by atoms with Gasteiger partial charge in [0.25, 0.3) is 0 Å². The summed E-state index contributed by atoms with van der Waals surface area (Å²) in [5.74, 6) is -0.200. The molecule has 1 fully saturated rings. The van der Waals surface area contributed by atoms with Crippen LogP contribution in [0.2, 0.25) is 0 Å². The smallest absolute Gasteiger partial charge is 0.227 e. The maximum atomic E-state index is 12.3. The van der Waals surface area contributed by atoms with Gasteiger partial charge in [0, 0.05) is 25.6 Å². The monoisotopic (exact) mass is 314 g/mol. The second-order valence-corrected chi connectivity index (χ2v) is 7.37. The molecule has 1 N–H and O–H groups in total. The number of sulfonamides is 1. The van der Waals surface area contributed by atoms with E-state index in [1.54, 1.807) is 6.20 Å². The molecule has 21 heavy (non-hydrogen) atoms. The van der Waals surface area contributed by atoms with Gasteiger partial charge in [0.05, 0.1) is 23.8 Å². The summed E-state index contributed by atoms with van der Waals surface area (Å²) >= 11 is 0. The molecule has 118 valence electrons. The number of anilines is 1.